The molecule has 17 heavy (non-hydrogen) atoms. The molecule has 1 saturated heterocycles. The molecule has 2 aliphatic rings. The van der Waals surface area contributed by atoms with Gasteiger partial charge in [0.25, 0.3) is 0 Å². The lowest BCUT2D eigenvalue weighted by Gasteiger charge is -2.30. The van der Waals surface area contributed by atoms with Gasteiger partial charge in [0.05, 0.1) is 0 Å². The molecular weight excluding hydrogens is 210 g/mol. The van der Waals surface area contributed by atoms with Gasteiger partial charge in [0.1, 0.15) is 0 Å². The first-order chi connectivity index (χ1) is 8.43. The van der Waals surface area contributed by atoms with Crippen LogP contribution in [0, 0.1) is 0 Å². The monoisotopic (exact) mass is 227 g/mol. The summed E-state index contributed by atoms with van der Waals surface area (Å²) in [5, 5.41) is 6.70. The Morgan fingerprint density at radius 1 is 1.06 bits per heavy atom. The first kappa shape index (κ1) is 10.4. The van der Waals surface area contributed by atoms with Gasteiger partial charge in [-0.25, -0.2) is 0 Å². The number of rotatable bonds is 1. The van der Waals surface area contributed by atoms with Crippen LogP contribution in [0.2, 0.25) is 0 Å². The third kappa shape index (κ3) is 2.19. The minimum Gasteiger partial charge on any atom is -0.369 e. The van der Waals surface area contributed by atoms with Crippen LogP contribution in [0.4, 0.5) is 11.4 Å². The highest BCUT2D eigenvalue weighted by molar-refractivity contribution is 5.74. The maximum atomic E-state index is 3.38. The molecule has 0 saturated carbocycles. The van der Waals surface area contributed by atoms with Gasteiger partial charge in [0.2, 0.25) is 0 Å². The van der Waals surface area contributed by atoms with Gasteiger partial charge in [0.15, 0.2) is 0 Å². The second-order valence-electron chi connectivity index (χ2n) is 4.37. The van der Waals surface area contributed by atoms with Gasteiger partial charge in [-0.1, -0.05) is 18.2 Å². The molecule has 0 aromatic heterocycles. The minimum atomic E-state index is 1.07. The van der Waals surface area contributed by atoms with E-state index in [4.69, 9.17) is 0 Å². The predicted molar refractivity (Wildman–Crippen MR) is 73.3 cm³/mol. The van der Waals surface area contributed by atoms with Crippen molar-refractivity contribution >= 4 is 17.5 Å². The molecular formula is C14H17N3. The van der Waals surface area contributed by atoms with Gasteiger partial charge in [-0.2, -0.15) is 0 Å². The smallest absolute Gasteiger partial charge is 0.0474 e. The van der Waals surface area contributed by atoms with E-state index in [0.29, 0.717) is 0 Å². The van der Waals surface area contributed by atoms with E-state index in [2.05, 4.69) is 45.9 Å². The Balaban J connectivity index is 1.89. The fraction of sp³-hybridized carbons (Fsp3) is 0.286. The summed E-state index contributed by atoms with van der Waals surface area (Å²) in [5.74, 6) is 0. The van der Waals surface area contributed by atoms with Crippen LogP contribution in [0.15, 0.2) is 36.6 Å². The Kier molecular flexibility index (Phi) is 2.84. The molecule has 3 rings (SSSR count). The zero-order valence-corrected chi connectivity index (χ0v) is 9.82. The van der Waals surface area contributed by atoms with Crippen LogP contribution in [0.1, 0.15) is 5.56 Å². The third-order valence-corrected chi connectivity index (χ3v) is 3.24. The molecule has 0 amide bonds. The summed E-state index contributed by atoms with van der Waals surface area (Å²) in [6, 6.07) is 6.63. The Morgan fingerprint density at radius 3 is 2.82 bits per heavy atom. The average molecular weight is 227 g/mol. The number of piperazine rings is 1. The standard InChI is InChI=1S/C14H17N3/c1-2-6-16-14-11-13(5-4-12(14)3-1)17-9-7-15-8-10-17/h1-6,11,15-16H,7-10H2. The van der Waals surface area contributed by atoms with Crippen molar-refractivity contribution in [3.8, 4) is 0 Å². The van der Waals surface area contributed by atoms with Crippen molar-refractivity contribution in [3.63, 3.8) is 0 Å². The van der Waals surface area contributed by atoms with Crippen molar-refractivity contribution in [3.05, 3.63) is 42.1 Å². The van der Waals surface area contributed by atoms with Crippen LogP contribution >= 0.6 is 0 Å². The largest absolute Gasteiger partial charge is 0.369 e. The van der Waals surface area contributed by atoms with E-state index in [0.717, 1.165) is 26.2 Å². The lowest BCUT2D eigenvalue weighted by atomic mass is 10.1. The molecule has 0 radical (unpaired) electrons. The summed E-state index contributed by atoms with van der Waals surface area (Å²) < 4.78 is 0. The van der Waals surface area contributed by atoms with Crippen molar-refractivity contribution < 1.29 is 0 Å². The molecule has 0 atom stereocenters. The molecule has 1 fully saturated rings. The van der Waals surface area contributed by atoms with Crippen LogP contribution in [0.3, 0.4) is 0 Å². The molecule has 0 bridgehead atoms. The van der Waals surface area contributed by atoms with Crippen molar-refractivity contribution in [2.45, 2.75) is 0 Å². The topological polar surface area (TPSA) is 27.3 Å². The Labute approximate surface area is 102 Å². The van der Waals surface area contributed by atoms with Gasteiger partial charge in [-0.3, -0.25) is 0 Å². The van der Waals surface area contributed by atoms with Crippen molar-refractivity contribution in [2.24, 2.45) is 0 Å². The summed E-state index contributed by atoms with van der Waals surface area (Å²) in [6.07, 6.45) is 8.19. The highest BCUT2D eigenvalue weighted by Gasteiger charge is 2.11. The molecule has 88 valence electrons. The molecule has 2 N–H and O–H groups in total. The number of nitrogens with one attached hydrogen (secondary N) is 2. The zero-order valence-electron chi connectivity index (χ0n) is 9.82. The summed E-state index contributed by atoms with van der Waals surface area (Å²) >= 11 is 0. The molecule has 2 heterocycles. The number of fused-ring (bicyclic) bond motifs is 1. The maximum Gasteiger partial charge on any atom is 0.0474 e. The van der Waals surface area contributed by atoms with E-state index in [9.17, 15) is 0 Å². The zero-order chi connectivity index (χ0) is 11.5. The van der Waals surface area contributed by atoms with E-state index in [1.807, 2.05) is 12.3 Å². The SMILES string of the molecule is C1=CNc2cc(N3CCNCC3)ccc2C=C1. The van der Waals surface area contributed by atoms with Crippen LogP contribution in [0.25, 0.3) is 6.08 Å². The van der Waals surface area contributed by atoms with E-state index < -0.39 is 0 Å². The minimum absolute atomic E-state index is 1.07. The summed E-state index contributed by atoms with van der Waals surface area (Å²) in [5.41, 5.74) is 3.74. The van der Waals surface area contributed by atoms with Crippen molar-refractivity contribution in [1.82, 2.24) is 5.32 Å². The van der Waals surface area contributed by atoms with Gasteiger partial charge < -0.3 is 15.5 Å². The molecule has 0 spiro atoms. The number of hydrogen-bond acceptors (Lipinski definition) is 3. The Bertz CT molecular complexity index is 457. The number of allylic oxidation sites excluding steroid dienone is 2. The maximum absolute atomic E-state index is 3.38. The lowest BCUT2D eigenvalue weighted by molar-refractivity contribution is 0.589. The van der Waals surface area contributed by atoms with E-state index in [1.165, 1.54) is 16.9 Å². The molecule has 3 heteroatoms. The van der Waals surface area contributed by atoms with Gasteiger partial charge in [-0.15, -0.1) is 0 Å². The summed E-state index contributed by atoms with van der Waals surface area (Å²) in [6.45, 7) is 4.32. The fourth-order valence-electron chi connectivity index (χ4n) is 2.29. The second-order valence-corrected chi connectivity index (χ2v) is 4.37. The van der Waals surface area contributed by atoms with Crippen molar-refractivity contribution in [1.29, 1.82) is 0 Å². The average Bonchev–Trinajstić information content (AvgIpc) is 2.64. The molecule has 0 aliphatic carbocycles. The number of hydrogen-bond donors (Lipinski definition) is 2. The second kappa shape index (κ2) is 4.63. The molecule has 3 nitrogen and oxygen atoms in total. The first-order valence-corrected chi connectivity index (χ1v) is 6.13. The highest BCUT2D eigenvalue weighted by atomic mass is 15.2. The summed E-state index contributed by atoms with van der Waals surface area (Å²) in [4.78, 5) is 2.43. The first-order valence-electron chi connectivity index (χ1n) is 6.13. The fourth-order valence-corrected chi connectivity index (χ4v) is 2.29. The quantitative estimate of drug-likeness (QED) is 0.769. The van der Waals surface area contributed by atoms with E-state index in [1.54, 1.807) is 0 Å². The predicted octanol–water partition coefficient (Wildman–Crippen LogP) is 2.05. The van der Waals surface area contributed by atoms with Gasteiger partial charge in [0, 0.05) is 43.8 Å². The summed E-state index contributed by atoms with van der Waals surface area (Å²) in [7, 11) is 0. The van der Waals surface area contributed by atoms with Crippen LogP contribution in [-0.2, 0) is 0 Å². The number of nitrogens with zero attached hydrogens (tertiary/aromatic N) is 1. The van der Waals surface area contributed by atoms with Gasteiger partial charge in [-0.05, 0) is 23.8 Å². The Morgan fingerprint density at radius 2 is 1.94 bits per heavy atom. The molecule has 1 aromatic carbocycles. The normalized spacial score (nSPS) is 18.5. The molecule has 0 unspecified atom stereocenters. The number of benzene rings is 1. The third-order valence-electron chi connectivity index (χ3n) is 3.24. The van der Waals surface area contributed by atoms with E-state index >= 15 is 0 Å². The molecule has 1 aromatic rings. The van der Waals surface area contributed by atoms with Crippen molar-refractivity contribution in [2.75, 3.05) is 36.4 Å². The van der Waals surface area contributed by atoms with Gasteiger partial charge >= 0.3 is 0 Å². The lowest BCUT2D eigenvalue weighted by Crippen LogP contribution is -2.43. The van der Waals surface area contributed by atoms with Crippen LogP contribution in [-0.4, -0.2) is 26.2 Å². The Hall–Kier alpha value is -1.74. The van der Waals surface area contributed by atoms with E-state index in [-0.39, 0.29) is 0 Å². The van der Waals surface area contributed by atoms with Crippen LogP contribution < -0.4 is 15.5 Å². The molecule has 2 aliphatic heterocycles. The van der Waals surface area contributed by atoms with Crippen LogP contribution in [0.5, 0.6) is 0 Å². The highest BCUT2D eigenvalue weighted by Crippen LogP contribution is 2.26. The number of anilines is 2.